The fourth-order valence-electron chi connectivity index (χ4n) is 3.31. The molecule has 0 aliphatic heterocycles. The molecule has 0 spiro atoms. The summed E-state index contributed by atoms with van der Waals surface area (Å²) in [7, 11) is 0. The van der Waals surface area contributed by atoms with Crippen LogP contribution in [0.15, 0.2) is 30.3 Å². The van der Waals surface area contributed by atoms with Crippen LogP contribution in [-0.2, 0) is 0 Å². The summed E-state index contributed by atoms with van der Waals surface area (Å²) in [5, 5.41) is 0. The molecule has 1 fully saturated rings. The van der Waals surface area contributed by atoms with Crippen LogP contribution in [0.3, 0.4) is 0 Å². The lowest BCUT2D eigenvalue weighted by Gasteiger charge is -2.30. The van der Waals surface area contributed by atoms with E-state index in [0.717, 1.165) is 18.4 Å². The standard InChI is InChI=1S/C16H25N/c1-13(12-17)15-10-6-3-7-11-16(15)14-8-4-2-5-9-14/h2,4-5,8-9,13,15-16H,3,6-7,10-12,17H2,1H3. The molecule has 2 N–H and O–H groups in total. The average Bonchev–Trinajstić information content (AvgIpc) is 2.64. The fourth-order valence-corrected chi connectivity index (χ4v) is 3.31. The summed E-state index contributed by atoms with van der Waals surface area (Å²) in [6.45, 7) is 3.15. The highest BCUT2D eigenvalue weighted by molar-refractivity contribution is 5.20. The van der Waals surface area contributed by atoms with Crippen molar-refractivity contribution in [2.45, 2.75) is 44.9 Å². The van der Waals surface area contributed by atoms with E-state index in [4.69, 9.17) is 5.73 Å². The molecule has 3 atom stereocenters. The second-order valence-corrected chi connectivity index (χ2v) is 5.53. The molecule has 0 saturated heterocycles. The molecule has 0 bridgehead atoms. The average molecular weight is 231 g/mol. The van der Waals surface area contributed by atoms with Gasteiger partial charge in [0.15, 0.2) is 0 Å². The van der Waals surface area contributed by atoms with Gasteiger partial charge in [-0.25, -0.2) is 0 Å². The maximum absolute atomic E-state index is 5.89. The molecule has 1 aliphatic carbocycles. The molecule has 94 valence electrons. The molecule has 0 aromatic heterocycles. The largest absolute Gasteiger partial charge is 0.330 e. The minimum Gasteiger partial charge on any atom is -0.330 e. The summed E-state index contributed by atoms with van der Waals surface area (Å²) in [5.41, 5.74) is 7.42. The van der Waals surface area contributed by atoms with Gasteiger partial charge in [-0.1, -0.05) is 56.5 Å². The molecule has 1 aromatic carbocycles. The summed E-state index contributed by atoms with van der Waals surface area (Å²) in [5.74, 6) is 2.17. The maximum Gasteiger partial charge on any atom is -0.00486 e. The smallest absolute Gasteiger partial charge is 0.00486 e. The van der Waals surface area contributed by atoms with Crippen molar-refractivity contribution in [1.29, 1.82) is 0 Å². The van der Waals surface area contributed by atoms with Crippen molar-refractivity contribution in [2.75, 3.05) is 6.54 Å². The van der Waals surface area contributed by atoms with Gasteiger partial charge < -0.3 is 5.73 Å². The van der Waals surface area contributed by atoms with Gasteiger partial charge >= 0.3 is 0 Å². The predicted molar refractivity (Wildman–Crippen MR) is 74.0 cm³/mol. The van der Waals surface area contributed by atoms with Gasteiger partial charge in [0.2, 0.25) is 0 Å². The molecule has 1 saturated carbocycles. The van der Waals surface area contributed by atoms with E-state index < -0.39 is 0 Å². The molecule has 0 heterocycles. The molecular weight excluding hydrogens is 206 g/mol. The Kier molecular flexibility index (Phi) is 4.61. The molecular formula is C16H25N. The zero-order chi connectivity index (χ0) is 12.1. The number of benzene rings is 1. The Bertz CT molecular complexity index is 320. The second-order valence-electron chi connectivity index (χ2n) is 5.53. The predicted octanol–water partition coefficient (Wildman–Crippen LogP) is 3.95. The van der Waals surface area contributed by atoms with Crippen LogP contribution in [-0.4, -0.2) is 6.54 Å². The third-order valence-corrected chi connectivity index (χ3v) is 4.40. The van der Waals surface area contributed by atoms with Crippen molar-refractivity contribution in [3.63, 3.8) is 0 Å². The van der Waals surface area contributed by atoms with Gasteiger partial charge in [0, 0.05) is 0 Å². The van der Waals surface area contributed by atoms with Gasteiger partial charge in [-0.05, 0) is 42.7 Å². The van der Waals surface area contributed by atoms with E-state index in [1.54, 1.807) is 0 Å². The lowest BCUT2D eigenvalue weighted by atomic mass is 9.76. The Labute approximate surface area is 105 Å². The number of hydrogen-bond acceptors (Lipinski definition) is 1. The van der Waals surface area contributed by atoms with Crippen LogP contribution in [0.5, 0.6) is 0 Å². The van der Waals surface area contributed by atoms with Crippen LogP contribution in [0.4, 0.5) is 0 Å². The van der Waals surface area contributed by atoms with Gasteiger partial charge in [-0.3, -0.25) is 0 Å². The zero-order valence-corrected chi connectivity index (χ0v) is 10.9. The van der Waals surface area contributed by atoms with Crippen molar-refractivity contribution >= 4 is 0 Å². The summed E-state index contributed by atoms with van der Waals surface area (Å²) >= 11 is 0. The second kappa shape index (κ2) is 6.20. The number of hydrogen-bond donors (Lipinski definition) is 1. The van der Waals surface area contributed by atoms with Crippen molar-refractivity contribution in [2.24, 2.45) is 17.6 Å². The molecule has 1 aromatic rings. The highest BCUT2D eigenvalue weighted by atomic mass is 14.6. The molecule has 1 aliphatic rings. The van der Waals surface area contributed by atoms with Crippen LogP contribution < -0.4 is 5.73 Å². The Morgan fingerprint density at radius 2 is 1.82 bits per heavy atom. The highest BCUT2D eigenvalue weighted by Crippen LogP contribution is 2.40. The zero-order valence-electron chi connectivity index (χ0n) is 10.9. The first-order valence-corrected chi connectivity index (χ1v) is 7.08. The quantitative estimate of drug-likeness (QED) is 0.783. The van der Waals surface area contributed by atoms with Crippen LogP contribution >= 0.6 is 0 Å². The molecule has 1 nitrogen and oxygen atoms in total. The van der Waals surface area contributed by atoms with Crippen molar-refractivity contribution < 1.29 is 0 Å². The Hall–Kier alpha value is -0.820. The molecule has 17 heavy (non-hydrogen) atoms. The van der Waals surface area contributed by atoms with E-state index in [1.807, 2.05) is 0 Å². The van der Waals surface area contributed by atoms with Crippen LogP contribution in [0.25, 0.3) is 0 Å². The first-order valence-electron chi connectivity index (χ1n) is 7.08. The number of nitrogens with two attached hydrogens (primary N) is 1. The molecule has 0 amide bonds. The third-order valence-electron chi connectivity index (χ3n) is 4.40. The maximum atomic E-state index is 5.89. The van der Waals surface area contributed by atoms with E-state index >= 15 is 0 Å². The first-order chi connectivity index (χ1) is 8.33. The monoisotopic (exact) mass is 231 g/mol. The molecule has 1 heteroatoms. The SMILES string of the molecule is CC(CN)C1CCCCCC1c1ccccc1. The molecule has 2 rings (SSSR count). The number of rotatable bonds is 3. The van der Waals surface area contributed by atoms with E-state index in [-0.39, 0.29) is 0 Å². The van der Waals surface area contributed by atoms with Crippen molar-refractivity contribution in [1.82, 2.24) is 0 Å². The molecule has 3 unspecified atom stereocenters. The van der Waals surface area contributed by atoms with Gasteiger partial charge in [0.05, 0.1) is 0 Å². The summed E-state index contributed by atoms with van der Waals surface area (Å²) in [6.07, 6.45) is 6.87. The fraction of sp³-hybridized carbons (Fsp3) is 0.625. The van der Waals surface area contributed by atoms with Gasteiger partial charge in [0.25, 0.3) is 0 Å². The van der Waals surface area contributed by atoms with Crippen LogP contribution in [0, 0.1) is 11.8 Å². The topological polar surface area (TPSA) is 26.0 Å². The van der Waals surface area contributed by atoms with E-state index in [2.05, 4.69) is 37.3 Å². The summed E-state index contributed by atoms with van der Waals surface area (Å²) in [6, 6.07) is 11.1. The third kappa shape index (κ3) is 3.10. The Morgan fingerprint density at radius 3 is 2.53 bits per heavy atom. The van der Waals surface area contributed by atoms with Crippen LogP contribution in [0.2, 0.25) is 0 Å². The minimum absolute atomic E-state index is 0.651. The van der Waals surface area contributed by atoms with Gasteiger partial charge in [-0.2, -0.15) is 0 Å². The van der Waals surface area contributed by atoms with E-state index in [1.165, 1.54) is 37.7 Å². The summed E-state index contributed by atoms with van der Waals surface area (Å²) < 4.78 is 0. The van der Waals surface area contributed by atoms with E-state index in [0.29, 0.717) is 5.92 Å². The molecule has 0 radical (unpaired) electrons. The first kappa shape index (κ1) is 12.6. The lowest BCUT2D eigenvalue weighted by molar-refractivity contribution is 0.288. The van der Waals surface area contributed by atoms with Crippen LogP contribution in [0.1, 0.15) is 50.5 Å². The van der Waals surface area contributed by atoms with E-state index in [9.17, 15) is 0 Å². The Morgan fingerprint density at radius 1 is 1.12 bits per heavy atom. The summed E-state index contributed by atoms with van der Waals surface area (Å²) in [4.78, 5) is 0. The normalized spacial score (nSPS) is 27.4. The van der Waals surface area contributed by atoms with Crippen molar-refractivity contribution in [3.05, 3.63) is 35.9 Å². The van der Waals surface area contributed by atoms with Gasteiger partial charge in [-0.15, -0.1) is 0 Å². The van der Waals surface area contributed by atoms with Gasteiger partial charge in [0.1, 0.15) is 0 Å². The lowest BCUT2D eigenvalue weighted by Crippen LogP contribution is -2.25. The van der Waals surface area contributed by atoms with Crippen molar-refractivity contribution in [3.8, 4) is 0 Å². The highest BCUT2D eigenvalue weighted by Gasteiger charge is 2.28. The minimum atomic E-state index is 0.651. The Balaban J connectivity index is 2.20.